The lowest BCUT2D eigenvalue weighted by Crippen LogP contribution is -2.39. The summed E-state index contributed by atoms with van der Waals surface area (Å²) in [5.74, 6) is -0.851. The molecule has 2 aliphatic carbocycles. The van der Waals surface area contributed by atoms with Gasteiger partial charge in [-0.15, -0.1) is 0 Å². The largest absolute Gasteiger partial charge is 0.349 e. The molecular weight excluding hydrogens is 345 g/mol. The van der Waals surface area contributed by atoms with Gasteiger partial charge in [-0.1, -0.05) is 0 Å². The Balaban J connectivity index is 1.57. The topological polar surface area (TPSA) is 71.1 Å². The van der Waals surface area contributed by atoms with Crippen LogP contribution in [0.5, 0.6) is 0 Å². The summed E-state index contributed by atoms with van der Waals surface area (Å²) in [6, 6.07) is 6.76. The second kappa shape index (κ2) is 7.10. The first kappa shape index (κ1) is 17.6. The van der Waals surface area contributed by atoms with Gasteiger partial charge < -0.3 is 10.6 Å². The van der Waals surface area contributed by atoms with Gasteiger partial charge in [-0.2, -0.15) is 0 Å². The average Bonchev–Trinajstić information content (AvgIpc) is 3.44. The molecule has 0 aliphatic heterocycles. The quantitative estimate of drug-likeness (QED) is 0.851. The number of benzene rings is 1. The van der Waals surface area contributed by atoms with Gasteiger partial charge in [0.25, 0.3) is 11.8 Å². The number of aromatic nitrogens is 1. The lowest BCUT2D eigenvalue weighted by atomic mass is 9.93. The second-order valence-corrected chi connectivity index (χ2v) is 7.41. The van der Waals surface area contributed by atoms with Gasteiger partial charge in [0.2, 0.25) is 0 Å². The lowest BCUT2D eigenvalue weighted by molar-refractivity contribution is 0.0914. The summed E-state index contributed by atoms with van der Waals surface area (Å²) in [5.41, 5.74) is 2.28. The van der Waals surface area contributed by atoms with Crippen LogP contribution < -0.4 is 10.6 Å². The van der Waals surface area contributed by atoms with Gasteiger partial charge in [0.1, 0.15) is 5.82 Å². The van der Waals surface area contributed by atoms with E-state index in [4.69, 9.17) is 0 Å². The van der Waals surface area contributed by atoms with Gasteiger partial charge in [0.05, 0.1) is 11.3 Å². The average molecular weight is 367 g/mol. The minimum atomic E-state index is -0.443. The van der Waals surface area contributed by atoms with E-state index in [1.165, 1.54) is 12.3 Å². The summed E-state index contributed by atoms with van der Waals surface area (Å²) in [7, 11) is 0. The fourth-order valence-corrected chi connectivity index (χ4v) is 3.08. The van der Waals surface area contributed by atoms with Crippen LogP contribution in [0.2, 0.25) is 0 Å². The minimum absolute atomic E-state index is 0.140. The zero-order valence-corrected chi connectivity index (χ0v) is 15.2. The van der Waals surface area contributed by atoms with E-state index < -0.39 is 5.82 Å². The van der Waals surface area contributed by atoms with Crippen LogP contribution in [0.15, 0.2) is 30.5 Å². The van der Waals surface area contributed by atoms with E-state index in [-0.39, 0.29) is 29.5 Å². The number of hydrogen-bond donors (Lipinski definition) is 2. The first-order chi connectivity index (χ1) is 13.0. The molecule has 2 aromatic rings. The highest BCUT2D eigenvalue weighted by atomic mass is 19.1. The van der Waals surface area contributed by atoms with Crippen molar-refractivity contribution in [3.8, 4) is 11.3 Å². The van der Waals surface area contributed by atoms with Crippen LogP contribution in [0.1, 0.15) is 58.4 Å². The zero-order chi connectivity index (χ0) is 19.0. The highest BCUT2D eigenvalue weighted by Gasteiger charge is 2.25. The third kappa shape index (κ3) is 3.84. The highest BCUT2D eigenvalue weighted by Crippen LogP contribution is 2.27. The van der Waals surface area contributed by atoms with Gasteiger partial charge in [0, 0.05) is 29.4 Å². The molecule has 1 aromatic heterocycles. The van der Waals surface area contributed by atoms with Gasteiger partial charge >= 0.3 is 0 Å². The predicted molar refractivity (Wildman–Crippen MR) is 100.0 cm³/mol. The summed E-state index contributed by atoms with van der Waals surface area (Å²) in [6.45, 7) is 1.66. The Morgan fingerprint density at radius 2 is 1.67 bits per heavy atom. The minimum Gasteiger partial charge on any atom is -0.349 e. The van der Waals surface area contributed by atoms with Crippen LogP contribution in [0.3, 0.4) is 0 Å². The zero-order valence-electron chi connectivity index (χ0n) is 15.2. The number of amides is 2. The van der Waals surface area contributed by atoms with Gasteiger partial charge in [-0.25, -0.2) is 4.39 Å². The first-order valence-electron chi connectivity index (χ1n) is 9.39. The van der Waals surface area contributed by atoms with Crippen molar-refractivity contribution in [3.05, 3.63) is 53.0 Å². The molecule has 0 unspecified atom stereocenters. The van der Waals surface area contributed by atoms with Gasteiger partial charge in [-0.05, 0) is 68.9 Å². The molecule has 2 amide bonds. The molecule has 0 bridgehead atoms. The van der Waals surface area contributed by atoms with Crippen LogP contribution in [0, 0.1) is 12.7 Å². The van der Waals surface area contributed by atoms with Crippen molar-refractivity contribution in [1.82, 2.24) is 15.6 Å². The van der Waals surface area contributed by atoms with E-state index in [1.54, 1.807) is 25.1 Å². The third-order valence-corrected chi connectivity index (χ3v) is 5.26. The number of carbonyl (C=O) groups is 2. The fourth-order valence-electron chi connectivity index (χ4n) is 3.08. The van der Waals surface area contributed by atoms with E-state index in [1.807, 2.05) is 0 Å². The summed E-state index contributed by atoms with van der Waals surface area (Å²) < 4.78 is 14.4. The Kier molecular flexibility index (Phi) is 4.64. The number of halogens is 1. The number of carbonyl (C=O) groups excluding carboxylic acids is 2. The fraction of sp³-hybridized carbons (Fsp3) is 0.381. The molecule has 2 saturated carbocycles. The monoisotopic (exact) mass is 367 g/mol. The second-order valence-electron chi connectivity index (χ2n) is 7.41. The molecule has 5 nitrogen and oxygen atoms in total. The van der Waals surface area contributed by atoms with Crippen molar-refractivity contribution in [1.29, 1.82) is 0 Å². The number of rotatable bonds is 5. The summed E-state index contributed by atoms with van der Waals surface area (Å²) in [4.78, 5) is 28.8. The van der Waals surface area contributed by atoms with E-state index in [0.717, 1.165) is 32.1 Å². The normalized spacial score (nSPS) is 16.5. The summed E-state index contributed by atoms with van der Waals surface area (Å²) >= 11 is 0. The maximum atomic E-state index is 14.4. The van der Waals surface area contributed by atoms with E-state index >= 15 is 0 Å². The molecule has 2 aliphatic rings. The first-order valence-corrected chi connectivity index (χ1v) is 9.39. The lowest BCUT2D eigenvalue weighted by Gasteiger charge is -2.26. The molecule has 1 aromatic carbocycles. The summed E-state index contributed by atoms with van der Waals surface area (Å²) in [5, 5.41) is 5.84. The highest BCUT2D eigenvalue weighted by molar-refractivity contribution is 5.96. The van der Waals surface area contributed by atoms with Crippen molar-refractivity contribution in [2.24, 2.45) is 0 Å². The third-order valence-electron chi connectivity index (χ3n) is 5.26. The predicted octanol–water partition coefficient (Wildman–Crippen LogP) is 3.37. The standard InChI is InChI=1S/C21H22FN3O2/c1-12-17(9-14(10-18(12)22)21(27)25-16-6-7-16)19-8-5-13(11-23-19)20(26)24-15-3-2-4-15/h5,8-11,15-16H,2-4,6-7H2,1H3,(H,24,26)(H,25,27). The van der Waals surface area contributed by atoms with Crippen molar-refractivity contribution >= 4 is 11.8 Å². The summed E-state index contributed by atoms with van der Waals surface area (Å²) in [6.07, 6.45) is 6.63. The Labute approximate surface area is 157 Å². The van der Waals surface area contributed by atoms with Crippen LogP contribution in [-0.4, -0.2) is 28.9 Å². The Bertz CT molecular complexity index is 887. The van der Waals surface area contributed by atoms with Crippen molar-refractivity contribution in [2.75, 3.05) is 0 Å². The molecule has 0 spiro atoms. The number of nitrogens with zero attached hydrogens (tertiary/aromatic N) is 1. The SMILES string of the molecule is Cc1c(F)cc(C(=O)NC2CC2)cc1-c1ccc(C(=O)NC2CCC2)cn1. The van der Waals surface area contributed by atoms with Gasteiger partial charge in [0.15, 0.2) is 0 Å². The Hall–Kier alpha value is -2.76. The molecule has 1 heterocycles. The number of pyridine rings is 1. The molecular formula is C21H22FN3O2. The molecule has 6 heteroatoms. The maximum absolute atomic E-state index is 14.4. The molecule has 0 atom stereocenters. The van der Waals surface area contributed by atoms with Crippen molar-refractivity contribution < 1.29 is 14.0 Å². The van der Waals surface area contributed by atoms with Crippen LogP contribution >= 0.6 is 0 Å². The molecule has 0 saturated heterocycles. The van der Waals surface area contributed by atoms with Crippen molar-refractivity contribution in [2.45, 2.75) is 51.1 Å². The molecule has 140 valence electrons. The van der Waals surface area contributed by atoms with Gasteiger partial charge in [-0.3, -0.25) is 14.6 Å². The molecule has 0 radical (unpaired) electrons. The van der Waals surface area contributed by atoms with Crippen LogP contribution in [0.4, 0.5) is 4.39 Å². The number of nitrogens with one attached hydrogen (secondary N) is 2. The molecule has 4 rings (SSSR count). The van der Waals surface area contributed by atoms with E-state index in [2.05, 4.69) is 15.6 Å². The van der Waals surface area contributed by atoms with Crippen molar-refractivity contribution in [3.63, 3.8) is 0 Å². The molecule has 27 heavy (non-hydrogen) atoms. The smallest absolute Gasteiger partial charge is 0.253 e. The van der Waals surface area contributed by atoms with Crippen LogP contribution in [-0.2, 0) is 0 Å². The Morgan fingerprint density at radius 1 is 1.00 bits per heavy atom. The molecule has 2 fully saturated rings. The number of hydrogen-bond acceptors (Lipinski definition) is 3. The van der Waals surface area contributed by atoms with Crippen LogP contribution in [0.25, 0.3) is 11.3 Å². The maximum Gasteiger partial charge on any atom is 0.253 e. The molecule has 2 N–H and O–H groups in total. The van der Waals surface area contributed by atoms with E-state index in [9.17, 15) is 14.0 Å². The van der Waals surface area contributed by atoms with E-state index in [0.29, 0.717) is 22.4 Å². The Morgan fingerprint density at radius 3 is 2.22 bits per heavy atom.